The molecule has 0 bridgehead atoms. The first kappa shape index (κ1) is 20.5. The molecule has 4 rings (SSSR count). The number of hydrogen-bond donors (Lipinski definition) is 1. The molecule has 2 aromatic carbocycles. The van der Waals surface area contributed by atoms with E-state index in [2.05, 4.69) is 12.3 Å². The summed E-state index contributed by atoms with van der Waals surface area (Å²) in [5.74, 6) is 0.0344. The van der Waals surface area contributed by atoms with Crippen LogP contribution in [-0.2, 0) is 4.79 Å². The summed E-state index contributed by atoms with van der Waals surface area (Å²) in [7, 11) is 0. The van der Waals surface area contributed by atoms with Gasteiger partial charge in [0.1, 0.15) is 5.66 Å². The minimum Gasteiger partial charge on any atom is -0.294 e. The second-order valence-electron chi connectivity index (χ2n) is 8.36. The molecule has 2 aliphatic rings. The van der Waals surface area contributed by atoms with Crippen LogP contribution in [0.4, 0.5) is 11.4 Å². The van der Waals surface area contributed by atoms with E-state index in [1.165, 1.54) is 25.7 Å². The molecule has 5 nitrogen and oxygen atoms in total. The lowest BCUT2D eigenvalue weighted by Crippen LogP contribution is -2.65. The zero-order valence-corrected chi connectivity index (χ0v) is 17.8. The normalized spacial score (nSPS) is 20.3. The fraction of sp³-hybridized carbons (Fsp3) is 0.440. The van der Waals surface area contributed by atoms with Crippen LogP contribution in [-0.4, -0.2) is 22.5 Å². The standard InChI is InChI=1S/C25H31N3O2/c1-2-3-4-5-6-12-18-25-19-17-23(29)27(25)22-16-11-10-15-21(22)24(30)28(25)26-20-13-8-7-9-14-20/h7-11,13-16,26H,2-6,12,17-19H2,1H3. The Labute approximate surface area is 179 Å². The number of fused-ring (bicyclic) bond motifs is 3. The lowest BCUT2D eigenvalue weighted by molar-refractivity contribution is -0.117. The summed E-state index contributed by atoms with van der Waals surface area (Å²) >= 11 is 0. The van der Waals surface area contributed by atoms with Gasteiger partial charge in [-0.1, -0.05) is 69.4 Å². The van der Waals surface area contributed by atoms with E-state index in [0.717, 1.165) is 30.6 Å². The molecule has 0 radical (unpaired) electrons. The van der Waals surface area contributed by atoms with Crippen LogP contribution in [0.1, 0.15) is 75.1 Å². The number of rotatable bonds is 9. The lowest BCUT2D eigenvalue weighted by atomic mass is 9.92. The highest BCUT2D eigenvalue weighted by molar-refractivity contribution is 6.10. The Bertz CT molecular complexity index is 898. The highest BCUT2D eigenvalue weighted by atomic mass is 16.2. The van der Waals surface area contributed by atoms with Crippen molar-refractivity contribution in [1.29, 1.82) is 0 Å². The number of hydrazine groups is 1. The zero-order chi connectivity index (χ0) is 21.0. The van der Waals surface area contributed by atoms with Crippen molar-refractivity contribution >= 4 is 23.2 Å². The van der Waals surface area contributed by atoms with Crippen molar-refractivity contribution in [2.45, 2.75) is 70.4 Å². The smallest absolute Gasteiger partial charge is 0.276 e. The highest BCUT2D eigenvalue weighted by Crippen LogP contribution is 2.46. The van der Waals surface area contributed by atoms with Gasteiger partial charge in [-0.15, -0.1) is 0 Å². The number of nitrogens with zero attached hydrogens (tertiary/aromatic N) is 2. The fourth-order valence-electron chi connectivity index (χ4n) is 4.83. The van der Waals surface area contributed by atoms with Gasteiger partial charge < -0.3 is 0 Å². The van der Waals surface area contributed by atoms with E-state index in [0.29, 0.717) is 18.4 Å². The molecule has 158 valence electrons. The van der Waals surface area contributed by atoms with Gasteiger partial charge in [0, 0.05) is 12.8 Å². The Hall–Kier alpha value is -2.82. The van der Waals surface area contributed by atoms with Crippen LogP contribution in [0.5, 0.6) is 0 Å². The van der Waals surface area contributed by atoms with Gasteiger partial charge in [-0.25, -0.2) is 5.01 Å². The van der Waals surface area contributed by atoms with Gasteiger partial charge in [0.05, 0.1) is 16.9 Å². The van der Waals surface area contributed by atoms with Crippen LogP contribution in [0.3, 0.4) is 0 Å². The van der Waals surface area contributed by atoms with E-state index in [1.807, 2.05) is 59.5 Å². The maximum Gasteiger partial charge on any atom is 0.276 e. The third-order valence-corrected chi connectivity index (χ3v) is 6.34. The van der Waals surface area contributed by atoms with Gasteiger partial charge in [-0.3, -0.25) is 19.9 Å². The highest BCUT2D eigenvalue weighted by Gasteiger charge is 2.56. The van der Waals surface area contributed by atoms with Crippen molar-refractivity contribution in [1.82, 2.24) is 5.01 Å². The molecule has 2 heterocycles. The SMILES string of the molecule is CCCCCCCCC12CCC(=O)N1c1ccccc1C(=O)N2Nc1ccccc1. The molecule has 5 heteroatoms. The topological polar surface area (TPSA) is 52.7 Å². The Balaban J connectivity index is 1.66. The first-order valence-corrected chi connectivity index (χ1v) is 11.3. The average molecular weight is 406 g/mol. The fourth-order valence-corrected chi connectivity index (χ4v) is 4.83. The summed E-state index contributed by atoms with van der Waals surface area (Å²) in [6, 6.07) is 17.2. The van der Waals surface area contributed by atoms with E-state index >= 15 is 0 Å². The molecule has 1 atom stereocenters. The maximum atomic E-state index is 13.6. The van der Waals surface area contributed by atoms with Gasteiger partial charge >= 0.3 is 0 Å². The molecule has 30 heavy (non-hydrogen) atoms. The van der Waals surface area contributed by atoms with Crippen molar-refractivity contribution in [2.75, 3.05) is 10.3 Å². The molecule has 1 N–H and O–H groups in total. The van der Waals surface area contributed by atoms with Gasteiger partial charge in [0.2, 0.25) is 5.91 Å². The molecule has 1 saturated heterocycles. The van der Waals surface area contributed by atoms with E-state index < -0.39 is 5.66 Å². The zero-order valence-electron chi connectivity index (χ0n) is 17.8. The Kier molecular flexibility index (Phi) is 6.07. The molecule has 1 fully saturated rings. The number of carbonyl (C=O) groups excluding carboxylic acids is 2. The van der Waals surface area contributed by atoms with Crippen LogP contribution < -0.4 is 10.3 Å². The predicted octanol–water partition coefficient (Wildman–Crippen LogP) is 5.74. The van der Waals surface area contributed by atoms with Crippen LogP contribution in [0.2, 0.25) is 0 Å². The van der Waals surface area contributed by atoms with Gasteiger partial charge in [0.15, 0.2) is 0 Å². The van der Waals surface area contributed by atoms with Crippen molar-refractivity contribution in [2.24, 2.45) is 0 Å². The summed E-state index contributed by atoms with van der Waals surface area (Å²) in [6.07, 6.45) is 8.97. The molecular weight excluding hydrogens is 374 g/mol. The number of nitrogens with one attached hydrogen (secondary N) is 1. The quantitative estimate of drug-likeness (QED) is 0.541. The van der Waals surface area contributed by atoms with Crippen LogP contribution in [0.25, 0.3) is 0 Å². The first-order valence-electron chi connectivity index (χ1n) is 11.3. The first-order chi connectivity index (χ1) is 14.7. The van der Waals surface area contributed by atoms with Crippen molar-refractivity contribution in [3.63, 3.8) is 0 Å². The summed E-state index contributed by atoms with van der Waals surface area (Å²) < 4.78 is 0. The van der Waals surface area contributed by atoms with E-state index in [1.54, 1.807) is 5.01 Å². The number of anilines is 2. The van der Waals surface area contributed by atoms with Crippen molar-refractivity contribution < 1.29 is 9.59 Å². The predicted molar refractivity (Wildman–Crippen MR) is 120 cm³/mol. The van der Waals surface area contributed by atoms with Gasteiger partial charge in [-0.05, 0) is 37.1 Å². The monoisotopic (exact) mass is 405 g/mol. The average Bonchev–Trinajstić information content (AvgIpc) is 3.11. The largest absolute Gasteiger partial charge is 0.294 e. The number of hydrogen-bond acceptors (Lipinski definition) is 3. The third kappa shape index (κ3) is 3.69. The number of benzene rings is 2. The maximum absolute atomic E-state index is 13.6. The Morgan fingerprint density at radius 1 is 0.900 bits per heavy atom. The molecule has 2 amide bonds. The number of para-hydroxylation sites is 2. The number of carbonyl (C=O) groups is 2. The summed E-state index contributed by atoms with van der Waals surface area (Å²) in [5.41, 5.74) is 4.89. The Morgan fingerprint density at radius 3 is 2.40 bits per heavy atom. The minimum atomic E-state index is -0.650. The molecule has 2 aromatic rings. The summed E-state index contributed by atoms with van der Waals surface area (Å²) in [6.45, 7) is 2.22. The van der Waals surface area contributed by atoms with E-state index in [4.69, 9.17) is 0 Å². The van der Waals surface area contributed by atoms with Crippen molar-refractivity contribution in [3.05, 3.63) is 60.2 Å². The Morgan fingerprint density at radius 2 is 1.60 bits per heavy atom. The second-order valence-corrected chi connectivity index (χ2v) is 8.36. The molecule has 0 aromatic heterocycles. The molecule has 2 aliphatic heterocycles. The lowest BCUT2D eigenvalue weighted by Gasteiger charge is -2.50. The second kappa shape index (κ2) is 8.90. The van der Waals surface area contributed by atoms with Gasteiger partial charge in [-0.2, -0.15) is 0 Å². The minimum absolute atomic E-state index is 0.0635. The summed E-state index contributed by atoms with van der Waals surface area (Å²) in [4.78, 5) is 28.5. The number of unbranched alkanes of at least 4 members (excludes halogenated alkanes) is 5. The molecular formula is C25H31N3O2. The van der Waals surface area contributed by atoms with E-state index in [-0.39, 0.29) is 11.8 Å². The van der Waals surface area contributed by atoms with Gasteiger partial charge in [0.25, 0.3) is 5.91 Å². The van der Waals surface area contributed by atoms with E-state index in [9.17, 15) is 9.59 Å². The van der Waals surface area contributed by atoms with Crippen LogP contribution in [0, 0.1) is 0 Å². The summed E-state index contributed by atoms with van der Waals surface area (Å²) in [5, 5.41) is 1.74. The third-order valence-electron chi connectivity index (χ3n) is 6.34. The molecule has 0 saturated carbocycles. The molecule has 0 spiro atoms. The van der Waals surface area contributed by atoms with Crippen LogP contribution in [0.15, 0.2) is 54.6 Å². The number of amides is 2. The molecule has 0 aliphatic carbocycles. The molecule has 1 unspecified atom stereocenters. The van der Waals surface area contributed by atoms with Crippen molar-refractivity contribution in [3.8, 4) is 0 Å². The van der Waals surface area contributed by atoms with Crippen LogP contribution >= 0.6 is 0 Å².